The van der Waals surface area contributed by atoms with E-state index in [1.54, 1.807) is 6.92 Å². The van der Waals surface area contributed by atoms with Crippen molar-refractivity contribution in [2.45, 2.75) is 60.3 Å². The molecular weight excluding hydrogens is 208 g/mol. The van der Waals surface area contributed by atoms with Gasteiger partial charge in [-0.3, -0.25) is 0 Å². The highest BCUT2D eigenvalue weighted by atomic mass is 16.1. The molecule has 1 aliphatic rings. The van der Waals surface area contributed by atoms with E-state index in [0.29, 0.717) is 35.4 Å². The molecule has 0 bridgehead atoms. The second kappa shape index (κ2) is 5.37. The van der Waals surface area contributed by atoms with Gasteiger partial charge >= 0.3 is 0 Å². The molecule has 1 saturated carbocycles. The Labute approximate surface area is 107 Å². The SMILES string of the molecule is C=C1CCCC(C)(C)C1C(CC(C)=O)C(C)C. The zero-order chi connectivity index (χ0) is 13.2. The number of rotatable bonds is 4. The highest BCUT2D eigenvalue weighted by molar-refractivity contribution is 5.75. The van der Waals surface area contributed by atoms with Crippen molar-refractivity contribution < 1.29 is 4.79 Å². The van der Waals surface area contributed by atoms with Crippen molar-refractivity contribution in [2.24, 2.45) is 23.2 Å². The van der Waals surface area contributed by atoms with Crippen molar-refractivity contribution in [3.05, 3.63) is 12.2 Å². The van der Waals surface area contributed by atoms with Gasteiger partial charge in [0.25, 0.3) is 0 Å². The maximum Gasteiger partial charge on any atom is 0.130 e. The summed E-state index contributed by atoms with van der Waals surface area (Å²) in [4.78, 5) is 11.5. The van der Waals surface area contributed by atoms with Crippen LogP contribution in [0.4, 0.5) is 0 Å². The van der Waals surface area contributed by atoms with Gasteiger partial charge in [-0.15, -0.1) is 0 Å². The summed E-state index contributed by atoms with van der Waals surface area (Å²) in [6.07, 6.45) is 4.38. The average Bonchev–Trinajstić information content (AvgIpc) is 2.13. The van der Waals surface area contributed by atoms with Crippen LogP contribution in [0.3, 0.4) is 0 Å². The van der Waals surface area contributed by atoms with Crippen LogP contribution >= 0.6 is 0 Å². The molecule has 0 saturated heterocycles. The summed E-state index contributed by atoms with van der Waals surface area (Å²) in [5.41, 5.74) is 1.68. The van der Waals surface area contributed by atoms with Gasteiger partial charge in [-0.1, -0.05) is 39.8 Å². The molecule has 1 heteroatoms. The zero-order valence-corrected chi connectivity index (χ0v) is 12.2. The first-order valence-corrected chi connectivity index (χ1v) is 6.93. The second-order valence-corrected chi connectivity index (χ2v) is 6.79. The Hall–Kier alpha value is -0.590. The van der Waals surface area contributed by atoms with E-state index in [-0.39, 0.29) is 0 Å². The van der Waals surface area contributed by atoms with Crippen LogP contribution in [0.5, 0.6) is 0 Å². The molecule has 0 aromatic carbocycles. The number of ketones is 1. The number of allylic oxidation sites excluding steroid dienone is 1. The third kappa shape index (κ3) is 3.43. The Kier molecular flexibility index (Phi) is 4.57. The normalized spacial score (nSPS) is 26.0. The molecule has 0 heterocycles. The quantitative estimate of drug-likeness (QED) is 0.651. The van der Waals surface area contributed by atoms with Crippen molar-refractivity contribution in [2.75, 3.05) is 0 Å². The number of Topliss-reactive ketones (excluding diaryl/α,β-unsaturated/α-hetero) is 1. The molecular formula is C16H28O. The van der Waals surface area contributed by atoms with E-state index >= 15 is 0 Å². The summed E-state index contributed by atoms with van der Waals surface area (Å²) in [7, 11) is 0. The van der Waals surface area contributed by atoms with Crippen molar-refractivity contribution in [1.82, 2.24) is 0 Å². The van der Waals surface area contributed by atoms with Gasteiger partial charge < -0.3 is 4.79 Å². The predicted molar refractivity (Wildman–Crippen MR) is 73.9 cm³/mol. The fourth-order valence-electron chi connectivity index (χ4n) is 3.59. The van der Waals surface area contributed by atoms with Gasteiger partial charge in [0.15, 0.2) is 0 Å². The van der Waals surface area contributed by atoms with Gasteiger partial charge in [0.1, 0.15) is 5.78 Å². The summed E-state index contributed by atoms with van der Waals surface area (Å²) in [6.45, 7) is 15.2. The minimum Gasteiger partial charge on any atom is -0.300 e. The molecule has 0 aliphatic heterocycles. The lowest BCUT2D eigenvalue weighted by Crippen LogP contribution is -2.38. The maximum atomic E-state index is 11.5. The van der Waals surface area contributed by atoms with E-state index in [9.17, 15) is 4.79 Å². The molecule has 0 spiro atoms. The van der Waals surface area contributed by atoms with Gasteiger partial charge in [-0.25, -0.2) is 0 Å². The van der Waals surface area contributed by atoms with Gasteiger partial charge in [0.05, 0.1) is 0 Å². The molecule has 1 fully saturated rings. The van der Waals surface area contributed by atoms with Crippen LogP contribution in [-0.2, 0) is 4.79 Å². The summed E-state index contributed by atoms with van der Waals surface area (Å²) >= 11 is 0. The number of hydrogen-bond donors (Lipinski definition) is 0. The van der Waals surface area contributed by atoms with Crippen LogP contribution in [0.1, 0.15) is 60.3 Å². The predicted octanol–water partition coefficient (Wildman–Crippen LogP) is 4.62. The van der Waals surface area contributed by atoms with Crippen molar-refractivity contribution in [3.8, 4) is 0 Å². The first kappa shape index (κ1) is 14.5. The van der Waals surface area contributed by atoms with Crippen molar-refractivity contribution in [1.29, 1.82) is 0 Å². The van der Waals surface area contributed by atoms with E-state index in [1.165, 1.54) is 18.4 Å². The molecule has 2 atom stereocenters. The van der Waals surface area contributed by atoms with E-state index < -0.39 is 0 Å². The Morgan fingerprint density at radius 2 is 2.06 bits per heavy atom. The van der Waals surface area contributed by atoms with E-state index in [2.05, 4.69) is 34.3 Å². The molecule has 0 aromatic rings. The number of carbonyl (C=O) groups excluding carboxylic acids is 1. The van der Waals surface area contributed by atoms with E-state index in [4.69, 9.17) is 0 Å². The van der Waals surface area contributed by atoms with Crippen LogP contribution in [0.25, 0.3) is 0 Å². The fraction of sp³-hybridized carbons (Fsp3) is 0.812. The highest BCUT2D eigenvalue weighted by Gasteiger charge is 2.40. The van der Waals surface area contributed by atoms with Crippen LogP contribution < -0.4 is 0 Å². The Morgan fingerprint density at radius 1 is 1.47 bits per heavy atom. The first-order valence-electron chi connectivity index (χ1n) is 6.93. The summed E-state index contributed by atoms with van der Waals surface area (Å²) < 4.78 is 0. The topological polar surface area (TPSA) is 17.1 Å². The molecule has 0 aromatic heterocycles. The summed E-state index contributed by atoms with van der Waals surface area (Å²) in [5, 5.41) is 0. The minimum absolute atomic E-state index is 0.305. The number of hydrogen-bond acceptors (Lipinski definition) is 1. The molecule has 98 valence electrons. The highest BCUT2D eigenvalue weighted by Crippen LogP contribution is 2.49. The Bertz CT molecular complexity index is 299. The molecule has 1 rings (SSSR count). The molecule has 2 unspecified atom stereocenters. The van der Waals surface area contributed by atoms with Crippen LogP contribution in [0.2, 0.25) is 0 Å². The molecule has 1 nitrogen and oxygen atoms in total. The van der Waals surface area contributed by atoms with Gasteiger partial charge in [0, 0.05) is 6.42 Å². The summed E-state index contributed by atoms with van der Waals surface area (Å²) in [6, 6.07) is 0. The largest absolute Gasteiger partial charge is 0.300 e. The third-order valence-electron chi connectivity index (χ3n) is 4.41. The van der Waals surface area contributed by atoms with Gasteiger partial charge in [-0.2, -0.15) is 0 Å². The molecule has 0 radical (unpaired) electrons. The maximum absolute atomic E-state index is 11.5. The van der Waals surface area contributed by atoms with Gasteiger partial charge in [-0.05, 0) is 49.4 Å². The van der Waals surface area contributed by atoms with Crippen LogP contribution in [0.15, 0.2) is 12.2 Å². The van der Waals surface area contributed by atoms with Gasteiger partial charge in [0.2, 0.25) is 0 Å². The lowest BCUT2D eigenvalue weighted by molar-refractivity contribution is -0.119. The summed E-state index contributed by atoms with van der Waals surface area (Å²) in [5.74, 6) is 1.85. The standard InChI is InChI=1S/C16H28O/c1-11(2)14(10-13(4)17)15-12(3)8-7-9-16(15,5)6/h11,14-15H,3,7-10H2,1-2,4-6H3. The van der Waals surface area contributed by atoms with Crippen molar-refractivity contribution >= 4 is 5.78 Å². The average molecular weight is 236 g/mol. The van der Waals surface area contributed by atoms with Crippen LogP contribution in [0, 0.1) is 23.2 Å². The fourth-order valence-corrected chi connectivity index (χ4v) is 3.59. The Balaban J connectivity index is 2.97. The zero-order valence-electron chi connectivity index (χ0n) is 12.2. The molecule has 1 aliphatic carbocycles. The van der Waals surface area contributed by atoms with Crippen LogP contribution in [-0.4, -0.2) is 5.78 Å². The Morgan fingerprint density at radius 3 is 2.47 bits per heavy atom. The third-order valence-corrected chi connectivity index (χ3v) is 4.41. The monoisotopic (exact) mass is 236 g/mol. The van der Waals surface area contributed by atoms with E-state index in [1.807, 2.05) is 0 Å². The molecule has 17 heavy (non-hydrogen) atoms. The molecule has 0 N–H and O–H groups in total. The van der Waals surface area contributed by atoms with Crippen molar-refractivity contribution in [3.63, 3.8) is 0 Å². The lowest BCUT2D eigenvalue weighted by Gasteiger charge is -2.46. The first-order chi connectivity index (χ1) is 7.75. The molecule has 0 amide bonds. The lowest BCUT2D eigenvalue weighted by atomic mass is 9.59. The minimum atomic E-state index is 0.305. The smallest absolute Gasteiger partial charge is 0.130 e. The number of carbonyl (C=O) groups is 1. The van der Waals surface area contributed by atoms with E-state index in [0.717, 1.165) is 6.42 Å². The second-order valence-electron chi connectivity index (χ2n) is 6.79.